The molecule has 0 aliphatic carbocycles. The van der Waals surface area contributed by atoms with Gasteiger partial charge in [0.2, 0.25) is 0 Å². The van der Waals surface area contributed by atoms with Crippen molar-refractivity contribution in [3.05, 3.63) is 0 Å². The number of rotatable bonds is 6. The Morgan fingerprint density at radius 1 is 1.45 bits per heavy atom. The normalized spacial score (nSPS) is 11.5. The summed E-state index contributed by atoms with van der Waals surface area (Å²) >= 11 is 2.39. The molecule has 0 saturated heterocycles. The molecule has 0 amide bonds. The lowest BCUT2D eigenvalue weighted by Gasteiger charge is -2.20. The fourth-order valence-corrected chi connectivity index (χ4v) is 1.56. The molecule has 0 aromatic carbocycles. The van der Waals surface area contributed by atoms with Gasteiger partial charge in [-0.3, -0.25) is 4.90 Å². The van der Waals surface area contributed by atoms with Crippen molar-refractivity contribution in [3.8, 4) is 0 Å². The SMILES string of the molecule is COCCN(CI)CC(C)C. The predicted octanol–water partition coefficient (Wildman–Crippen LogP) is 1.98. The van der Waals surface area contributed by atoms with E-state index in [1.54, 1.807) is 7.11 Å². The van der Waals surface area contributed by atoms with E-state index in [1.165, 1.54) is 6.54 Å². The molecule has 0 bridgehead atoms. The van der Waals surface area contributed by atoms with Crippen molar-refractivity contribution in [2.45, 2.75) is 13.8 Å². The van der Waals surface area contributed by atoms with E-state index in [1.807, 2.05) is 0 Å². The highest BCUT2D eigenvalue weighted by atomic mass is 127. The third kappa shape index (κ3) is 7.03. The van der Waals surface area contributed by atoms with Crippen LogP contribution in [-0.4, -0.2) is 36.3 Å². The summed E-state index contributed by atoms with van der Waals surface area (Å²) in [4.78, 5) is 2.40. The Kier molecular flexibility index (Phi) is 7.74. The van der Waals surface area contributed by atoms with E-state index in [9.17, 15) is 0 Å². The average molecular weight is 271 g/mol. The minimum absolute atomic E-state index is 0.752. The highest BCUT2D eigenvalue weighted by Crippen LogP contribution is 2.00. The third-order valence-corrected chi connectivity index (χ3v) is 2.37. The standard InChI is InChI=1S/C8H18INO/c1-8(2)6-10(7-9)4-5-11-3/h8H,4-7H2,1-3H3. The molecule has 0 unspecified atom stereocenters. The summed E-state index contributed by atoms with van der Waals surface area (Å²) in [6.07, 6.45) is 0. The lowest BCUT2D eigenvalue weighted by molar-refractivity contribution is 0.154. The second kappa shape index (κ2) is 7.31. The third-order valence-electron chi connectivity index (χ3n) is 1.40. The predicted molar refractivity (Wildman–Crippen MR) is 57.2 cm³/mol. The Morgan fingerprint density at radius 2 is 2.09 bits per heavy atom. The molecule has 0 radical (unpaired) electrons. The van der Waals surface area contributed by atoms with Crippen LogP contribution in [0.4, 0.5) is 0 Å². The van der Waals surface area contributed by atoms with Crippen molar-refractivity contribution >= 4 is 22.6 Å². The van der Waals surface area contributed by atoms with Crippen LogP contribution in [0.5, 0.6) is 0 Å². The number of methoxy groups -OCH3 is 1. The maximum absolute atomic E-state index is 5.01. The Bertz CT molecular complexity index is 88.2. The summed E-state index contributed by atoms with van der Waals surface area (Å²) < 4.78 is 6.11. The van der Waals surface area contributed by atoms with Crippen molar-refractivity contribution in [2.75, 3.05) is 31.4 Å². The second-order valence-electron chi connectivity index (χ2n) is 3.08. The van der Waals surface area contributed by atoms with Gasteiger partial charge >= 0.3 is 0 Å². The summed E-state index contributed by atoms with van der Waals surface area (Å²) in [7, 11) is 1.75. The molecule has 0 heterocycles. The molecule has 0 aromatic rings. The van der Waals surface area contributed by atoms with E-state index < -0.39 is 0 Å². The van der Waals surface area contributed by atoms with Crippen molar-refractivity contribution in [3.63, 3.8) is 0 Å². The first-order valence-corrected chi connectivity index (χ1v) is 5.50. The molecule has 0 atom stereocenters. The molecule has 11 heavy (non-hydrogen) atoms. The Balaban J connectivity index is 3.41. The zero-order chi connectivity index (χ0) is 8.69. The lowest BCUT2D eigenvalue weighted by atomic mass is 10.2. The molecule has 68 valence electrons. The first-order chi connectivity index (χ1) is 5.20. The number of ether oxygens (including phenoxy) is 1. The fraction of sp³-hybridized carbons (Fsp3) is 1.00. The minimum Gasteiger partial charge on any atom is -0.383 e. The van der Waals surface area contributed by atoms with Gasteiger partial charge in [-0.05, 0) is 5.92 Å². The number of hydrogen-bond acceptors (Lipinski definition) is 2. The molecule has 0 aromatic heterocycles. The monoisotopic (exact) mass is 271 g/mol. The van der Waals surface area contributed by atoms with Gasteiger partial charge in [0.15, 0.2) is 0 Å². The summed E-state index contributed by atoms with van der Waals surface area (Å²) in [5.74, 6) is 0.752. The maximum atomic E-state index is 5.01. The van der Waals surface area contributed by atoms with Crippen LogP contribution < -0.4 is 0 Å². The Labute approximate surface area is 83.4 Å². The number of halogens is 1. The van der Waals surface area contributed by atoms with Crippen LogP contribution in [0.1, 0.15) is 13.8 Å². The highest BCUT2D eigenvalue weighted by molar-refractivity contribution is 14.1. The molecular formula is C8H18INO. The van der Waals surface area contributed by atoms with Crippen molar-refractivity contribution in [2.24, 2.45) is 5.92 Å². The summed E-state index contributed by atoms with van der Waals surface area (Å²) in [6.45, 7) is 7.55. The van der Waals surface area contributed by atoms with Crippen LogP contribution in [0, 0.1) is 5.92 Å². The van der Waals surface area contributed by atoms with E-state index in [2.05, 4.69) is 41.3 Å². The van der Waals surface area contributed by atoms with E-state index in [4.69, 9.17) is 4.74 Å². The van der Waals surface area contributed by atoms with Crippen LogP contribution in [0.15, 0.2) is 0 Å². The van der Waals surface area contributed by atoms with Crippen LogP contribution in [0.3, 0.4) is 0 Å². The van der Waals surface area contributed by atoms with Gasteiger partial charge in [0.05, 0.1) is 11.2 Å². The largest absolute Gasteiger partial charge is 0.383 e. The molecule has 2 nitrogen and oxygen atoms in total. The van der Waals surface area contributed by atoms with Gasteiger partial charge in [-0.2, -0.15) is 0 Å². The summed E-state index contributed by atoms with van der Waals surface area (Å²) in [5.41, 5.74) is 0. The average Bonchev–Trinajstić information content (AvgIpc) is 1.97. The van der Waals surface area contributed by atoms with Crippen molar-refractivity contribution in [1.82, 2.24) is 4.90 Å². The smallest absolute Gasteiger partial charge is 0.0589 e. The van der Waals surface area contributed by atoms with Gasteiger partial charge in [-0.15, -0.1) is 0 Å². The minimum atomic E-state index is 0.752. The van der Waals surface area contributed by atoms with Crippen LogP contribution in [-0.2, 0) is 4.74 Å². The molecular weight excluding hydrogens is 253 g/mol. The number of nitrogens with zero attached hydrogens (tertiary/aromatic N) is 1. The van der Waals surface area contributed by atoms with E-state index >= 15 is 0 Å². The topological polar surface area (TPSA) is 12.5 Å². The zero-order valence-corrected chi connectivity index (χ0v) is 9.80. The maximum Gasteiger partial charge on any atom is 0.0589 e. The fourth-order valence-electron chi connectivity index (χ4n) is 0.937. The molecule has 3 heteroatoms. The van der Waals surface area contributed by atoms with Crippen LogP contribution in [0.2, 0.25) is 0 Å². The molecule has 0 spiro atoms. The molecule has 0 rings (SSSR count). The van der Waals surface area contributed by atoms with Gasteiger partial charge in [-0.1, -0.05) is 36.4 Å². The van der Waals surface area contributed by atoms with E-state index in [0.717, 1.165) is 23.6 Å². The Hall–Kier alpha value is 0.650. The van der Waals surface area contributed by atoms with Gasteiger partial charge < -0.3 is 4.74 Å². The molecule has 0 N–H and O–H groups in total. The first kappa shape index (κ1) is 11.6. The lowest BCUT2D eigenvalue weighted by Crippen LogP contribution is -2.29. The number of hydrogen-bond donors (Lipinski definition) is 0. The van der Waals surface area contributed by atoms with Gasteiger partial charge in [0.25, 0.3) is 0 Å². The quantitative estimate of drug-likeness (QED) is 0.416. The summed E-state index contributed by atoms with van der Waals surface area (Å²) in [5, 5.41) is 0. The molecule has 0 saturated carbocycles. The highest BCUT2D eigenvalue weighted by Gasteiger charge is 2.03. The van der Waals surface area contributed by atoms with Gasteiger partial charge in [-0.25, -0.2) is 0 Å². The van der Waals surface area contributed by atoms with Gasteiger partial charge in [0.1, 0.15) is 0 Å². The van der Waals surface area contributed by atoms with Gasteiger partial charge in [0, 0.05) is 20.2 Å². The zero-order valence-electron chi connectivity index (χ0n) is 7.64. The molecule has 0 fully saturated rings. The second-order valence-corrected chi connectivity index (χ2v) is 3.77. The Morgan fingerprint density at radius 3 is 2.45 bits per heavy atom. The summed E-state index contributed by atoms with van der Waals surface area (Å²) in [6, 6.07) is 0. The number of alkyl halides is 1. The molecule has 0 aliphatic rings. The first-order valence-electron chi connectivity index (χ1n) is 3.98. The van der Waals surface area contributed by atoms with Crippen molar-refractivity contribution in [1.29, 1.82) is 0 Å². The van der Waals surface area contributed by atoms with Crippen LogP contribution in [0.25, 0.3) is 0 Å². The van der Waals surface area contributed by atoms with Crippen LogP contribution >= 0.6 is 22.6 Å². The van der Waals surface area contributed by atoms with Crippen molar-refractivity contribution < 1.29 is 4.74 Å². The van der Waals surface area contributed by atoms with E-state index in [0.29, 0.717) is 0 Å². The molecule has 0 aliphatic heterocycles. The van der Waals surface area contributed by atoms with E-state index in [-0.39, 0.29) is 0 Å².